The maximum Gasteiger partial charge on any atom is 0.334 e. The Balaban J connectivity index is 2.20. The lowest BCUT2D eigenvalue weighted by atomic mass is 9.93. The summed E-state index contributed by atoms with van der Waals surface area (Å²) in [4.78, 5) is 11.3. The lowest BCUT2D eigenvalue weighted by molar-refractivity contribution is -0.138. The molecule has 0 aromatic carbocycles. The van der Waals surface area contributed by atoms with Crippen LogP contribution < -0.4 is 0 Å². The molecule has 13 heavy (non-hydrogen) atoms. The zero-order valence-corrected chi connectivity index (χ0v) is 9.62. The highest BCUT2D eigenvalue weighted by Crippen LogP contribution is 2.39. The van der Waals surface area contributed by atoms with Gasteiger partial charge in [-0.3, -0.25) is 0 Å². The number of rotatable bonds is 0. The molecule has 3 atom stereocenters. The highest BCUT2D eigenvalue weighted by atomic mass is 127. The summed E-state index contributed by atoms with van der Waals surface area (Å²) in [7, 11) is 0. The number of alkyl halides is 1. The first kappa shape index (κ1) is 9.49. The Morgan fingerprint density at radius 1 is 1.38 bits per heavy atom. The van der Waals surface area contributed by atoms with Crippen LogP contribution in [0.2, 0.25) is 0 Å². The summed E-state index contributed by atoms with van der Waals surface area (Å²) >= 11 is 2.40. The third-order valence-corrected chi connectivity index (χ3v) is 4.28. The minimum atomic E-state index is -0.168. The van der Waals surface area contributed by atoms with Crippen molar-refractivity contribution in [3.05, 3.63) is 12.2 Å². The molecular formula is C10H13IO2. The van der Waals surface area contributed by atoms with Gasteiger partial charge in [0.2, 0.25) is 0 Å². The molecule has 0 aromatic heterocycles. The topological polar surface area (TPSA) is 26.3 Å². The van der Waals surface area contributed by atoms with Gasteiger partial charge in [-0.2, -0.15) is 0 Å². The molecule has 1 aliphatic heterocycles. The monoisotopic (exact) mass is 292 g/mol. The van der Waals surface area contributed by atoms with Crippen molar-refractivity contribution < 1.29 is 9.53 Å². The lowest BCUT2D eigenvalue weighted by Gasteiger charge is -2.18. The molecule has 1 saturated carbocycles. The van der Waals surface area contributed by atoms with Crippen molar-refractivity contribution in [1.82, 2.24) is 0 Å². The van der Waals surface area contributed by atoms with Crippen LogP contribution in [0.15, 0.2) is 12.2 Å². The second kappa shape index (κ2) is 3.59. The van der Waals surface area contributed by atoms with E-state index >= 15 is 0 Å². The lowest BCUT2D eigenvalue weighted by Crippen LogP contribution is -2.25. The normalized spacial score (nSPS) is 39.6. The molecule has 1 aliphatic carbocycles. The second-order valence-electron chi connectivity index (χ2n) is 3.80. The predicted octanol–water partition coefficient (Wildman–Crippen LogP) is 2.46. The Labute approximate surface area is 91.9 Å². The van der Waals surface area contributed by atoms with Crippen molar-refractivity contribution in [2.45, 2.75) is 35.7 Å². The first-order chi connectivity index (χ1) is 6.20. The van der Waals surface area contributed by atoms with Crippen molar-refractivity contribution in [3.8, 4) is 0 Å². The van der Waals surface area contributed by atoms with Crippen LogP contribution in [0.25, 0.3) is 0 Å². The van der Waals surface area contributed by atoms with Gasteiger partial charge in [-0.25, -0.2) is 4.79 Å². The quantitative estimate of drug-likeness (QED) is 0.297. The van der Waals surface area contributed by atoms with E-state index in [4.69, 9.17) is 4.74 Å². The number of carbonyl (C=O) groups excluding carboxylic acids is 1. The van der Waals surface area contributed by atoms with Gasteiger partial charge in [0, 0.05) is 15.4 Å². The molecule has 0 aromatic rings. The molecule has 0 spiro atoms. The van der Waals surface area contributed by atoms with Crippen LogP contribution in [0, 0.1) is 5.92 Å². The molecule has 2 nitrogen and oxygen atoms in total. The maximum atomic E-state index is 11.3. The van der Waals surface area contributed by atoms with Crippen molar-refractivity contribution in [2.24, 2.45) is 5.92 Å². The Morgan fingerprint density at radius 2 is 2.08 bits per heavy atom. The Morgan fingerprint density at radius 3 is 2.85 bits per heavy atom. The Bertz CT molecular complexity index is 249. The van der Waals surface area contributed by atoms with E-state index in [1.165, 1.54) is 19.3 Å². The van der Waals surface area contributed by atoms with Gasteiger partial charge in [0.1, 0.15) is 6.10 Å². The standard InChI is InChI=1S/C10H13IO2/c1-6-7-4-2-3-5-8(11)9(7)13-10(6)12/h7-9H,1-5H2/t7-,8+,9+/m0/s1. The molecule has 2 fully saturated rings. The van der Waals surface area contributed by atoms with E-state index in [1.807, 2.05) is 0 Å². The molecule has 2 aliphatic rings. The molecule has 0 radical (unpaired) electrons. The van der Waals surface area contributed by atoms with Crippen molar-refractivity contribution in [2.75, 3.05) is 0 Å². The van der Waals surface area contributed by atoms with E-state index in [-0.39, 0.29) is 12.1 Å². The summed E-state index contributed by atoms with van der Waals surface area (Å²) in [5, 5.41) is 0. The minimum absolute atomic E-state index is 0.114. The zero-order valence-electron chi connectivity index (χ0n) is 7.46. The highest BCUT2D eigenvalue weighted by molar-refractivity contribution is 14.1. The van der Waals surface area contributed by atoms with Crippen LogP contribution in [-0.2, 0) is 9.53 Å². The third-order valence-electron chi connectivity index (χ3n) is 2.95. The van der Waals surface area contributed by atoms with Crippen molar-refractivity contribution in [3.63, 3.8) is 0 Å². The first-order valence-electron chi connectivity index (χ1n) is 4.74. The van der Waals surface area contributed by atoms with E-state index in [1.54, 1.807) is 0 Å². The van der Waals surface area contributed by atoms with Gasteiger partial charge >= 0.3 is 5.97 Å². The minimum Gasteiger partial charge on any atom is -0.457 e. The third kappa shape index (κ3) is 1.63. The average molecular weight is 292 g/mol. The molecule has 0 N–H and O–H groups in total. The van der Waals surface area contributed by atoms with Gasteiger partial charge in [0.25, 0.3) is 0 Å². The predicted molar refractivity (Wildman–Crippen MR) is 58.8 cm³/mol. The molecule has 3 heteroatoms. The van der Waals surface area contributed by atoms with Crippen LogP contribution in [0.4, 0.5) is 0 Å². The molecule has 2 rings (SSSR count). The van der Waals surface area contributed by atoms with E-state index in [9.17, 15) is 4.79 Å². The molecule has 0 bridgehead atoms. The Hall–Kier alpha value is -0.0600. The summed E-state index contributed by atoms with van der Waals surface area (Å²) in [5.74, 6) is 0.135. The number of hydrogen-bond acceptors (Lipinski definition) is 2. The molecular weight excluding hydrogens is 279 g/mol. The van der Waals surface area contributed by atoms with Crippen LogP contribution in [-0.4, -0.2) is 16.0 Å². The summed E-state index contributed by atoms with van der Waals surface area (Å²) in [6.07, 6.45) is 4.82. The number of carbonyl (C=O) groups is 1. The van der Waals surface area contributed by atoms with Gasteiger partial charge in [-0.05, 0) is 12.8 Å². The van der Waals surface area contributed by atoms with Gasteiger partial charge in [0.15, 0.2) is 0 Å². The Kier molecular flexibility index (Phi) is 2.62. The first-order valence-corrected chi connectivity index (χ1v) is 5.98. The summed E-state index contributed by atoms with van der Waals surface area (Å²) in [6, 6.07) is 0. The van der Waals surface area contributed by atoms with Gasteiger partial charge in [0.05, 0.1) is 0 Å². The molecule has 72 valence electrons. The van der Waals surface area contributed by atoms with Crippen LogP contribution >= 0.6 is 22.6 Å². The highest BCUT2D eigenvalue weighted by Gasteiger charge is 2.42. The fraction of sp³-hybridized carbons (Fsp3) is 0.700. The average Bonchev–Trinajstić information content (AvgIpc) is 2.30. The van der Waals surface area contributed by atoms with Crippen molar-refractivity contribution >= 4 is 28.6 Å². The number of esters is 1. The smallest absolute Gasteiger partial charge is 0.334 e. The zero-order chi connectivity index (χ0) is 9.42. The van der Waals surface area contributed by atoms with Crippen LogP contribution in [0.5, 0.6) is 0 Å². The second-order valence-corrected chi connectivity index (χ2v) is 5.40. The molecule has 1 heterocycles. The fourth-order valence-corrected chi connectivity index (χ4v) is 3.25. The van der Waals surface area contributed by atoms with Gasteiger partial charge in [-0.1, -0.05) is 42.0 Å². The van der Waals surface area contributed by atoms with E-state index in [2.05, 4.69) is 29.2 Å². The molecule has 1 saturated heterocycles. The van der Waals surface area contributed by atoms with Gasteiger partial charge < -0.3 is 4.74 Å². The van der Waals surface area contributed by atoms with E-state index in [0.717, 1.165) is 6.42 Å². The fourth-order valence-electron chi connectivity index (χ4n) is 2.16. The maximum absolute atomic E-state index is 11.3. The summed E-state index contributed by atoms with van der Waals surface area (Å²) in [5.41, 5.74) is 0.702. The SMILES string of the molecule is C=C1C(=O)O[C@H]2[C@H](I)CCCC[C@@H]12. The number of hydrogen-bond donors (Lipinski definition) is 0. The van der Waals surface area contributed by atoms with Crippen LogP contribution in [0.1, 0.15) is 25.7 Å². The van der Waals surface area contributed by atoms with Gasteiger partial charge in [-0.15, -0.1) is 0 Å². The number of halogens is 1. The van der Waals surface area contributed by atoms with Crippen molar-refractivity contribution in [1.29, 1.82) is 0 Å². The summed E-state index contributed by atoms with van der Waals surface area (Å²) < 4.78 is 5.80. The van der Waals surface area contributed by atoms with Crippen LogP contribution in [0.3, 0.4) is 0 Å². The number of fused-ring (bicyclic) bond motifs is 1. The summed E-state index contributed by atoms with van der Waals surface area (Å²) in [6.45, 7) is 3.82. The largest absolute Gasteiger partial charge is 0.457 e. The molecule has 0 unspecified atom stereocenters. The van der Waals surface area contributed by atoms with E-state index < -0.39 is 0 Å². The van der Waals surface area contributed by atoms with E-state index in [0.29, 0.717) is 15.4 Å². The molecule has 0 amide bonds. The number of ether oxygens (including phenoxy) is 1.